The second-order valence-electron chi connectivity index (χ2n) is 8.54. The smallest absolute Gasteiger partial charge is 0.261 e. The molecule has 4 heterocycles. The minimum absolute atomic E-state index is 0.215. The van der Waals surface area contributed by atoms with Gasteiger partial charge in [-0.3, -0.25) is 24.4 Å². The van der Waals surface area contributed by atoms with E-state index in [-0.39, 0.29) is 24.5 Å². The highest BCUT2D eigenvalue weighted by Crippen LogP contribution is 2.23. The predicted octanol–water partition coefficient (Wildman–Crippen LogP) is 2.48. The molecule has 2 aliphatic heterocycles. The van der Waals surface area contributed by atoms with Gasteiger partial charge in [-0.2, -0.15) is 0 Å². The van der Waals surface area contributed by atoms with Gasteiger partial charge in [0, 0.05) is 51.3 Å². The van der Waals surface area contributed by atoms with Crippen LogP contribution in [0.2, 0.25) is 0 Å². The summed E-state index contributed by atoms with van der Waals surface area (Å²) in [4.78, 5) is 40.4. The van der Waals surface area contributed by atoms with Crippen LogP contribution in [0, 0.1) is 0 Å². The third-order valence-electron chi connectivity index (χ3n) is 6.28. The molecule has 3 aromatic rings. The Hall–Kier alpha value is -3.62. The molecule has 5 rings (SSSR count). The number of pyridine rings is 2. The number of amides is 2. The van der Waals surface area contributed by atoms with Crippen LogP contribution >= 0.6 is 0 Å². The van der Waals surface area contributed by atoms with Crippen molar-refractivity contribution in [1.29, 1.82) is 0 Å². The van der Waals surface area contributed by atoms with Gasteiger partial charge in [0.2, 0.25) is 0 Å². The van der Waals surface area contributed by atoms with Crippen LogP contribution in [0.4, 0.5) is 5.82 Å². The second kappa shape index (κ2) is 10.1. The van der Waals surface area contributed by atoms with E-state index in [9.17, 15) is 9.59 Å². The molecule has 8 nitrogen and oxygen atoms in total. The van der Waals surface area contributed by atoms with E-state index < -0.39 is 0 Å². The van der Waals surface area contributed by atoms with Crippen molar-refractivity contribution in [3.8, 4) is 0 Å². The number of carbonyl (C=O) groups excluding carboxylic acids is 2. The SMILES string of the molecule is O=C1c2ccccc2C(=O)N1CC(CN1CCN(c2ccccn2)CC1)OCc1cccnc1. The summed E-state index contributed by atoms with van der Waals surface area (Å²) in [5.74, 6) is 0.476. The molecule has 0 aliphatic carbocycles. The fraction of sp³-hybridized carbons (Fsp3) is 0.308. The van der Waals surface area contributed by atoms with Crippen molar-refractivity contribution >= 4 is 17.6 Å². The average molecular weight is 458 g/mol. The molecule has 2 aliphatic rings. The number of ether oxygens (including phenoxy) is 1. The Balaban J connectivity index is 1.25. The molecular formula is C26H27N5O3. The number of aromatic nitrogens is 2. The Kier molecular flexibility index (Phi) is 6.60. The number of fused-ring (bicyclic) bond motifs is 1. The molecule has 2 amide bonds. The van der Waals surface area contributed by atoms with E-state index in [0.29, 0.717) is 24.3 Å². The van der Waals surface area contributed by atoms with Crippen molar-refractivity contribution in [2.45, 2.75) is 12.7 Å². The summed E-state index contributed by atoms with van der Waals surface area (Å²) < 4.78 is 6.25. The zero-order valence-corrected chi connectivity index (χ0v) is 18.9. The molecule has 2 aromatic heterocycles. The fourth-order valence-electron chi connectivity index (χ4n) is 4.46. The second-order valence-corrected chi connectivity index (χ2v) is 8.54. The number of rotatable bonds is 8. The molecule has 1 unspecified atom stereocenters. The van der Waals surface area contributed by atoms with E-state index >= 15 is 0 Å². The van der Waals surface area contributed by atoms with E-state index in [1.165, 1.54) is 4.90 Å². The Bertz CT molecular complexity index is 1100. The zero-order valence-electron chi connectivity index (χ0n) is 18.9. The van der Waals surface area contributed by atoms with Crippen LogP contribution in [0.3, 0.4) is 0 Å². The molecular weight excluding hydrogens is 430 g/mol. The number of hydrogen-bond acceptors (Lipinski definition) is 7. The van der Waals surface area contributed by atoms with Gasteiger partial charge in [-0.25, -0.2) is 4.98 Å². The molecule has 0 radical (unpaired) electrons. The van der Waals surface area contributed by atoms with Crippen LogP contribution in [0.5, 0.6) is 0 Å². The van der Waals surface area contributed by atoms with Crippen molar-refractivity contribution in [1.82, 2.24) is 19.8 Å². The molecule has 0 spiro atoms. The highest BCUT2D eigenvalue weighted by molar-refractivity contribution is 6.21. The quantitative estimate of drug-likeness (QED) is 0.481. The van der Waals surface area contributed by atoms with Crippen molar-refractivity contribution < 1.29 is 14.3 Å². The minimum atomic E-state index is -0.316. The van der Waals surface area contributed by atoms with Gasteiger partial charge in [0.15, 0.2) is 0 Å². The summed E-state index contributed by atoms with van der Waals surface area (Å²) in [5.41, 5.74) is 1.87. The monoisotopic (exact) mass is 457 g/mol. The number of benzene rings is 1. The highest BCUT2D eigenvalue weighted by atomic mass is 16.5. The van der Waals surface area contributed by atoms with Gasteiger partial charge in [-0.05, 0) is 35.9 Å². The standard InChI is InChI=1S/C26H27N5O3/c32-25-22-7-1-2-8-23(22)26(33)31(25)18-21(34-19-20-6-5-10-27-16-20)17-29-12-14-30(15-13-29)24-9-3-4-11-28-24/h1-11,16,21H,12-15,17-19H2. The molecule has 8 heteroatoms. The van der Waals surface area contributed by atoms with Crippen LogP contribution in [-0.4, -0.2) is 77.0 Å². The Morgan fingerprint density at radius 2 is 1.56 bits per heavy atom. The van der Waals surface area contributed by atoms with Gasteiger partial charge in [0.1, 0.15) is 5.82 Å². The third-order valence-corrected chi connectivity index (χ3v) is 6.28. The summed E-state index contributed by atoms with van der Waals surface area (Å²) in [6.07, 6.45) is 4.99. The molecule has 34 heavy (non-hydrogen) atoms. The van der Waals surface area contributed by atoms with Gasteiger partial charge in [0.25, 0.3) is 11.8 Å². The molecule has 1 aromatic carbocycles. The molecule has 1 atom stereocenters. The first-order valence-electron chi connectivity index (χ1n) is 11.5. The highest BCUT2D eigenvalue weighted by Gasteiger charge is 2.37. The number of carbonyl (C=O) groups is 2. The van der Waals surface area contributed by atoms with E-state index in [2.05, 4.69) is 19.8 Å². The molecule has 0 saturated carbocycles. The van der Waals surface area contributed by atoms with Crippen LogP contribution < -0.4 is 4.90 Å². The van der Waals surface area contributed by atoms with E-state index in [1.54, 1.807) is 36.7 Å². The number of nitrogens with zero attached hydrogens (tertiary/aromatic N) is 5. The number of piperazine rings is 1. The van der Waals surface area contributed by atoms with Crippen LogP contribution in [0.15, 0.2) is 73.2 Å². The maximum Gasteiger partial charge on any atom is 0.261 e. The van der Waals surface area contributed by atoms with Crippen LogP contribution in [-0.2, 0) is 11.3 Å². The molecule has 1 saturated heterocycles. The first kappa shape index (κ1) is 22.2. The fourth-order valence-corrected chi connectivity index (χ4v) is 4.46. The topological polar surface area (TPSA) is 78.9 Å². The molecule has 0 bridgehead atoms. The minimum Gasteiger partial charge on any atom is -0.370 e. The molecule has 174 valence electrons. The normalized spacial score (nSPS) is 17.2. The first-order valence-corrected chi connectivity index (χ1v) is 11.5. The van der Waals surface area contributed by atoms with E-state index in [4.69, 9.17) is 4.74 Å². The van der Waals surface area contributed by atoms with E-state index in [0.717, 1.165) is 37.6 Å². The van der Waals surface area contributed by atoms with Gasteiger partial charge in [0.05, 0.1) is 30.4 Å². The Labute approximate surface area is 198 Å². The maximum atomic E-state index is 12.9. The van der Waals surface area contributed by atoms with Gasteiger partial charge < -0.3 is 9.64 Å². The predicted molar refractivity (Wildman–Crippen MR) is 128 cm³/mol. The van der Waals surface area contributed by atoms with Crippen molar-refractivity contribution in [2.75, 3.05) is 44.2 Å². The summed E-state index contributed by atoms with van der Waals surface area (Å²) in [7, 11) is 0. The zero-order chi connectivity index (χ0) is 23.3. The number of hydrogen-bond donors (Lipinski definition) is 0. The van der Waals surface area contributed by atoms with Crippen LogP contribution in [0.1, 0.15) is 26.3 Å². The lowest BCUT2D eigenvalue weighted by Gasteiger charge is -2.37. The largest absolute Gasteiger partial charge is 0.370 e. The summed E-state index contributed by atoms with van der Waals surface area (Å²) >= 11 is 0. The number of anilines is 1. The maximum absolute atomic E-state index is 12.9. The van der Waals surface area contributed by atoms with Crippen LogP contribution in [0.25, 0.3) is 0 Å². The van der Waals surface area contributed by atoms with E-state index in [1.807, 2.05) is 36.5 Å². The summed E-state index contributed by atoms with van der Waals surface area (Å²) in [6.45, 7) is 4.64. The van der Waals surface area contributed by atoms with Crippen molar-refractivity contribution in [3.63, 3.8) is 0 Å². The van der Waals surface area contributed by atoms with Crippen molar-refractivity contribution in [3.05, 3.63) is 89.9 Å². The molecule has 0 N–H and O–H groups in total. The lowest BCUT2D eigenvalue weighted by atomic mass is 10.1. The number of imide groups is 1. The summed E-state index contributed by atoms with van der Waals surface area (Å²) in [5, 5.41) is 0. The third kappa shape index (κ3) is 4.83. The Morgan fingerprint density at radius 1 is 0.824 bits per heavy atom. The summed E-state index contributed by atoms with van der Waals surface area (Å²) in [6, 6.07) is 16.7. The first-order chi connectivity index (χ1) is 16.7. The van der Waals surface area contributed by atoms with Gasteiger partial charge >= 0.3 is 0 Å². The Morgan fingerprint density at radius 3 is 2.21 bits per heavy atom. The van der Waals surface area contributed by atoms with Gasteiger partial charge in [-0.1, -0.05) is 24.3 Å². The molecule has 1 fully saturated rings. The van der Waals surface area contributed by atoms with Crippen molar-refractivity contribution in [2.24, 2.45) is 0 Å². The lowest BCUT2D eigenvalue weighted by Crippen LogP contribution is -2.51. The lowest BCUT2D eigenvalue weighted by molar-refractivity contribution is -0.00252. The average Bonchev–Trinajstić information content (AvgIpc) is 3.14. The van der Waals surface area contributed by atoms with Gasteiger partial charge in [-0.15, -0.1) is 0 Å².